The molecular formula is C18H27N3O2. The summed E-state index contributed by atoms with van der Waals surface area (Å²) in [6.45, 7) is 6.54. The zero-order valence-corrected chi connectivity index (χ0v) is 14.3. The lowest BCUT2D eigenvalue weighted by molar-refractivity contribution is -0.140. The van der Waals surface area contributed by atoms with Gasteiger partial charge in [0, 0.05) is 39.1 Å². The third-order valence-electron chi connectivity index (χ3n) is 4.38. The Bertz CT molecular complexity index is 530. The number of hydrogen-bond acceptors (Lipinski definition) is 3. The van der Waals surface area contributed by atoms with E-state index in [-0.39, 0.29) is 23.8 Å². The van der Waals surface area contributed by atoms with Gasteiger partial charge in [0.15, 0.2) is 0 Å². The summed E-state index contributed by atoms with van der Waals surface area (Å²) in [5.41, 5.74) is 1.27. The summed E-state index contributed by atoms with van der Waals surface area (Å²) in [6, 6.07) is 10.0. The van der Waals surface area contributed by atoms with E-state index in [2.05, 4.69) is 22.3 Å². The van der Waals surface area contributed by atoms with Gasteiger partial charge in [-0.2, -0.15) is 0 Å². The molecule has 5 heteroatoms. The Labute approximate surface area is 138 Å². The number of nitrogens with one attached hydrogen (secondary N) is 1. The van der Waals surface area contributed by atoms with Crippen molar-refractivity contribution in [2.24, 2.45) is 5.92 Å². The maximum Gasteiger partial charge on any atom is 0.238 e. The van der Waals surface area contributed by atoms with Crippen LogP contribution in [0, 0.1) is 5.92 Å². The van der Waals surface area contributed by atoms with Gasteiger partial charge in [-0.3, -0.25) is 14.5 Å². The summed E-state index contributed by atoms with van der Waals surface area (Å²) >= 11 is 0. The van der Waals surface area contributed by atoms with Crippen molar-refractivity contribution in [3.63, 3.8) is 0 Å². The molecule has 0 bridgehead atoms. The van der Waals surface area contributed by atoms with Crippen LogP contribution in [-0.4, -0.2) is 60.9 Å². The van der Waals surface area contributed by atoms with E-state index in [9.17, 15) is 9.59 Å². The first-order valence-corrected chi connectivity index (χ1v) is 8.31. The van der Waals surface area contributed by atoms with E-state index in [0.717, 1.165) is 19.5 Å². The van der Waals surface area contributed by atoms with Gasteiger partial charge < -0.3 is 10.2 Å². The van der Waals surface area contributed by atoms with Crippen molar-refractivity contribution in [3.8, 4) is 0 Å². The maximum atomic E-state index is 12.2. The summed E-state index contributed by atoms with van der Waals surface area (Å²) in [5, 5.41) is 2.73. The summed E-state index contributed by atoms with van der Waals surface area (Å²) in [5.74, 6) is 0.0807. The number of hydrogen-bond donors (Lipinski definition) is 1. The minimum absolute atomic E-state index is 0.0145. The Morgan fingerprint density at radius 3 is 2.52 bits per heavy atom. The lowest BCUT2D eigenvalue weighted by Gasteiger charge is -2.41. The van der Waals surface area contributed by atoms with E-state index in [1.54, 1.807) is 7.05 Å². The number of rotatable bonds is 5. The lowest BCUT2D eigenvalue weighted by atomic mass is 10.1. The van der Waals surface area contributed by atoms with E-state index >= 15 is 0 Å². The molecule has 1 N–H and O–H groups in total. The van der Waals surface area contributed by atoms with Crippen molar-refractivity contribution >= 4 is 11.8 Å². The highest BCUT2D eigenvalue weighted by atomic mass is 16.2. The molecule has 2 rings (SSSR count). The number of benzene rings is 1. The first-order chi connectivity index (χ1) is 11.0. The zero-order chi connectivity index (χ0) is 16.8. The van der Waals surface area contributed by atoms with Gasteiger partial charge in [-0.15, -0.1) is 0 Å². The van der Waals surface area contributed by atoms with Crippen molar-refractivity contribution in [2.75, 3.05) is 33.2 Å². The molecule has 1 aromatic rings. The van der Waals surface area contributed by atoms with E-state index in [1.165, 1.54) is 5.56 Å². The Kier molecular flexibility index (Phi) is 6.16. The van der Waals surface area contributed by atoms with Gasteiger partial charge in [0.25, 0.3) is 0 Å². The van der Waals surface area contributed by atoms with Crippen molar-refractivity contribution in [3.05, 3.63) is 35.9 Å². The Hall–Kier alpha value is -1.88. The number of amides is 2. The SMILES string of the molecule is CNC(=O)[C@H]1CN(C(=O)C(C)C)CCN1CCc1ccccc1. The van der Waals surface area contributed by atoms with Gasteiger partial charge in [0.05, 0.1) is 0 Å². The second kappa shape index (κ2) is 8.11. The molecule has 126 valence electrons. The topological polar surface area (TPSA) is 52.7 Å². The van der Waals surface area contributed by atoms with Crippen LogP contribution in [0.1, 0.15) is 19.4 Å². The third-order valence-corrected chi connectivity index (χ3v) is 4.38. The number of carbonyl (C=O) groups is 2. The quantitative estimate of drug-likeness (QED) is 0.886. The molecule has 1 aliphatic heterocycles. The van der Waals surface area contributed by atoms with Crippen molar-refractivity contribution in [1.29, 1.82) is 0 Å². The van der Waals surface area contributed by atoms with Crippen LogP contribution in [0.15, 0.2) is 30.3 Å². The Morgan fingerprint density at radius 2 is 1.91 bits per heavy atom. The predicted molar refractivity (Wildman–Crippen MR) is 91.0 cm³/mol. The standard InChI is InChI=1S/C18H27N3O2/c1-14(2)18(23)21-12-11-20(16(13-21)17(22)19-3)10-9-15-7-5-4-6-8-15/h4-8,14,16H,9-13H2,1-3H3,(H,19,22)/t16-/m1/s1. The van der Waals surface area contributed by atoms with Gasteiger partial charge in [0.2, 0.25) is 11.8 Å². The Balaban J connectivity index is 2.01. The monoisotopic (exact) mass is 317 g/mol. The molecule has 1 heterocycles. The van der Waals surface area contributed by atoms with Gasteiger partial charge in [0.1, 0.15) is 6.04 Å². The lowest BCUT2D eigenvalue weighted by Crippen LogP contribution is -2.60. The largest absolute Gasteiger partial charge is 0.358 e. The molecule has 0 spiro atoms. The fourth-order valence-electron chi connectivity index (χ4n) is 2.99. The highest BCUT2D eigenvalue weighted by molar-refractivity contribution is 5.84. The Morgan fingerprint density at radius 1 is 1.22 bits per heavy atom. The minimum atomic E-state index is -0.264. The van der Waals surface area contributed by atoms with Crippen molar-refractivity contribution in [2.45, 2.75) is 26.3 Å². The molecule has 2 amide bonds. The summed E-state index contributed by atoms with van der Waals surface area (Å²) in [6.07, 6.45) is 0.909. The fourth-order valence-corrected chi connectivity index (χ4v) is 2.99. The van der Waals surface area contributed by atoms with Crippen molar-refractivity contribution in [1.82, 2.24) is 15.1 Å². The predicted octanol–water partition coefficient (Wildman–Crippen LogP) is 1.14. The van der Waals surface area contributed by atoms with Crippen LogP contribution in [0.3, 0.4) is 0 Å². The van der Waals surface area contributed by atoms with Gasteiger partial charge in [-0.25, -0.2) is 0 Å². The molecule has 1 saturated heterocycles. The summed E-state index contributed by atoms with van der Waals surface area (Å²) in [7, 11) is 1.65. The molecule has 5 nitrogen and oxygen atoms in total. The fraction of sp³-hybridized carbons (Fsp3) is 0.556. The third kappa shape index (κ3) is 4.55. The van der Waals surface area contributed by atoms with Crippen LogP contribution < -0.4 is 5.32 Å². The highest BCUT2D eigenvalue weighted by Crippen LogP contribution is 2.14. The van der Waals surface area contributed by atoms with Gasteiger partial charge in [-0.1, -0.05) is 44.2 Å². The second-order valence-electron chi connectivity index (χ2n) is 6.34. The number of nitrogens with zero attached hydrogens (tertiary/aromatic N) is 2. The molecule has 0 aliphatic carbocycles. The smallest absolute Gasteiger partial charge is 0.238 e. The second-order valence-corrected chi connectivity index (χ2v) is 6.34. The van der Waals surface area contributed by atoms with Crippen LogP contribution in [0.4, 0.5) is 0 Å². The van der Waals surface area contributed by atoms with E-state index < -0.39 is 0 Å². The average Bonchev–Trinajstić information content (AvgIpc) is 2.59. The van der Waals surface area contributed by atoms with Crippen molar-refractivity contribution < 1.29 is 9.59 Å². The molecule has 1 aromatic carbocycles. The average molecular weight is 317 g/mol. The van der Waals surface area contributed by atoms with Crippen LogP contribution in [0.5, 0.6) is 0 Å². The number of piperazine rings is 1. The normalized spacial score (nSPS) is 19.0. The molecule has 0 aromatic heterocycles. The molecule has 1 fully saturated rings. The van der Waals surface area contributed by atoms with Crippen LogP contribution >= 0.6 is 0 Å². The molecule has 0 radical (unpaired) electrons. The maximum absolute atomic E-state index is 12.2. The van der Waals surface area contributed by atoms with Gasteiger partial charge in [-0.05, 0) is 12.0 Å². The molecule has 0 saturated carbocycles. The summed E-state index contributed by atoms with van der Waals surface area (Å²) < 4.78 is 0. The van der Waals surface area contributed by atoms with Crippen LogP contribution in [-0.2, 0) is 16.0 Å². The van der Waals surface area contributed by atoms with E-state index in [4.69, 9.17) is 0 Å². The van der Waals surface area contributed by atoms with Gasteiger partial charge >= 0.3 is 0 Å². The van der Waals surface area contributed by atoms with E-state index in [0.29, 0.717) is 13.1 Å². The first kappa shape index (κ1) is 17.5. The number of likely N-dealkylation sites (N-methyl/N-ethyl adjacent to an activating group) is 1. The highest BCUT2D eigenvalue weighted by Gasteiger charge is 2.34. The minimum Gasteiger partial charge on any atom is -0.358 e. The summed E-state index contributed by atoms with van der Waals surface area (Å²) in [4.78, 5) is 28.5. The van der Waals surface area contributed by atoms with Crippen LogP contribution in [0.25, 0.3) is 0 Å². The van der Waals surface area contributed by atoms with E-state index in [1.807, 2.05) is 36.9 Å². The van der Waals surface area contributed by atoms with Crippen LogP contribution in [0.2, 0.25) is 0 Å². The molecular weight excluding hydrogens is 290 g/mol. The molecule has 0 unspecified atom stereocenters. The number of carbonyl (C=O) groups excluding carboxylic acids is 2. The molecule has 23 heavy (non-hydrogen) atoms. The molecule has 1 atom stereocenters. The zero-order valence-electron chi connectivity index (χ0n) is 14.3. The molecule has 1 aliphatic rings. The first-order valence-electron chi connectivity index (χ1n) is 8.31.